The highest BCUT2D eigenvalue weighted by atomic mass is 127. The van der Waals surface area contributed by atoms with Crippen LogP contribution in [-0.4, -0.2) is 49.6 Å². The van der Waals surface area contributed by atoms with Crippen LogP contribution in [0.4, 0.5) is 0 Å². The molecule has 1 aliphatic carbocycles. The normalized spacial score (nSPS) is 22.2. The lowest BCUT2D eigenvalue weighted by atomic mass is 9.68. The largest absolute Gasteiger partial charge is 0.355 e. The molecular weight excluding hydrogens is 345 g/mol. The zero-order valence-electron chi connectivity index (χ0n) is 10.9. The van der Waals surface area contributed by atoms with Crippen LogP contribution in [0.2, 0.25) is 0 Å². The minimum Gasteiger partial charge on any atom is -0.355 e. The van der Waals surface area contributed by atoms with Crippen molar-refractivity contribution in [2.75, 3.05) is 38.7 Å². The molecule has 0 amide bonds. The Kier molecular flexibility index (Phi) is 6.40. The molecular formula is C12H24IN3S. The molecule has 5 heteroatoms. The molecule has 3 nitrogen and oxygen atoms in total. The Morgan fingerprint density at radius 1 is 1.41 bits per heavy atom. The summed E-state index contributed by atoms with van der Waals surface area (Å²) in [5.41, 5.74) is 0.664. The predicted molar refractivity (Wildman–Crippen MR) is 87.6 cm³/mol. The van der Waals surface area contributed by atoms with Gasteiger partial charge in [0.2, 0.25) is 0 Å². The van der Waals surface area contributed by atoms with Gasteiger partial charge in [-0.25, -0.2) is 0 Å². The van der Waals surface area contributed by atoms with Crippen LogP contribution in [0, 0.1) is 5.41 Å². The number of rotatable bonds is 3. The fraction of sp³-hybridized carbons (Fsp3) is 0.917. The van der Waals surface area contributed by atoms with E-state index in [0.717, 1.165) is 18.3 Å². The first-order chi connectivity index (χ1) is 7.79. The molecule has 17 heavy (non-hydrogen) atoms. The lowest BCUT2D eigenvalue weighted by Crippen LogP contribution is -2.43. The fourth-order valence-corrected chi connectivity index (χ4v) is 3.10. The van der Waals surface area contributed by atoms with Crippen LogP contribution < -0.4 is 5.32 Å². The van der Waals surface area contributed by atoms with Crippen LogP contribution in [0.15, 0.2) is 4.99 Å². The second-order valence-corrected chi connectivity index (χ2v) is 5.98. The Morgan fingerprint density at radius 3 is 2.65 bits per heavy atom. The van der Waals surface area contributed by atoms with Gasteiger partial charge in [-0.05, 0) is 30.9 Å². The molecule has 2 rings (SSSR count). The Balaban J connectivity index is 0.00000144. The van der Waals surface area contributed by atoms with E-state index in [2.05, 4.69) is 21.5 Å². The summed E-state index contributed by atoms with van der Waals surface area (Å²) in [6.45, 7) is 3.45. The Bertz CT molecular complexity index is 266. The van der Waals surface area contributed by atoms with Crippen LogP contribution >= 0.6 is 35.7 Å². The average molecular weight is 369 g/mol. The van der Waals surface area contributed by atoms with Gasteiger partial charge in [-0.3, -0.25) is 4.99 Å². The van der Waals surface area contributed by atoms with Crippen molar-refractivity contribution >= 4 is 41.7 Å². The first kappa shape index (κ1) is 15.4. The molecule has 0 aromatic carbocycles. The van der Waals surface area contributed by atoms with Crippen molar-refractivity contribution in [3.05, 3.63) is 0 Å². The third kappa shape index (κ3) is 3.66. The lowest BCUT2D eigenvalue weighted by molar-refractivity contribution is 0.151. The Labute approximate surface area is 126 Å². The molecule has 1 aliphatic heterocycles. The number of thioether (sulfide) groups is 1. The highest BCUT2D eigenvalue weighted by molar-refractivity contribution is 14.0. The molecule has 0 radical (unpaired) electrons. The van der Waals surface area contributed by atoms with E-state index in [1.54, 1.807) is 0 Å². The number of nitrogens with zero attached hydrogens (tertiary/aromatic N) is 2. The molecule has 100 valence electrons. The van der Waals surface area contributed by atoms with Crippen molar-refractivity contribution in [1.82, 2.24) is 10.2 Å². The van der Waals surface area contributed by atoms with Gasteiger partial charge in [0.05, 0.1) is 0 Å². The summed E-state index contributed by atoms with van der Waals surface area (Å²) in [5.74, 6) is 2.26. The van der Waals surface area contributed by atoms with Crippen LogP contribution in [0.1, 0.15) is 25.7 Å². The number of halogens is 1. The molecule has 0 atom stereocenters. The topological polar surface area (TPSA) is 27.6 Å². The molecule has 1 spiro atoms. The lowest BCUT2D eigenvalue weighted by Gasteiger charge is -2.38. The van der Waals surface area contributed by atoms with E-state index >= 15 is 0 Å². The molecule has 1 saturated heterocycles. The molecule has 1 saturated carbocycles. The van der Waals surface area contributed by atoms with E-state index in [9.17, 15) is 0 Å². The van der Waals surface area contributed by atoms with Crippen LogP contribution in [0.25, 0.3) is 0 Å². The second-order valence-electron chi connectivity index (χ2n) is 4.99. The maximum Gasteiger partial charge on any atom is 0.193 e. The summed E-state index contributed by atoms with van der Waals surface area (Å²) in [5, 5.41) is 3.45. The van der Waals surface area contributed by atoms with Gasteiger partial charge in [0.25, 0.3) is 0 Å². The predicted octanol–water partition coefficient (Wildman–Crippen LogP) is 2.42. The van der Waals surface area contributed by atoms with E-state index in [1.807, 2.05) is 18.8 Å². The monoisotopic (exact) mass is 369 g/mol. The summed E-state index contributed by atoms with van der Waals surface area (Å²) >= 11 is 1.88. The standard InChI is InChI=1S/C12H23N3S.HI/c1-13-11(14-7-9-16-2)15-8-6-12(10-15)4-3-5-12;/h3-10H2,1-2H3,(H,13,14);1H. The molecule has 1 heterocycles. The number of likely N-dealkylation sites (tertiary alicyclic amines) is 1. The number of hydrogen-bond acceptors (Lipinski definition) is 2. The average Bonchev–Trinajstić information content (AvgIpc) is 2.69. The number of nitrogens with one attached hydrogen (secondary N) is 1. The molecule has 2 aliphatic rings. The second kappa shape index (κ2) is 7.07. The van der Waals surface area contributed by atoms with Crippen LogP contribution in [0.5, 0.6) is 0 Å². The highest BCUT2D eigenvalue weighted by Crippen LogP contribution is 2.47. The summed E-state index contributed by atoms with van der Waals surface area (Å²) in [4.78, 5) is 6.83. The van der Waals surface area contributed by atoms with Crippen molar-refractivity contribution in [2.45, 2.75) is 25.7 Å². The number of guanidine groups is 1. The molecule has 1 N–H and O–H groups in total. The van der Waals surface area contributed by atoms with Crippen molar-refractivity contribution in [2.24, 2.45) is 10.4 Å². The van der Waals surface area contributed by atoms with E-state index in [4.69, 9.17) is 0 Å². The van der Waals surface area contributed by atoms with Crippen molar-refractivity contribution in [3.63, 3.8) is 0 Å². The zero-order chi connectivity index (χ0) is 11.4. The SMILES string of the molecule is CN=C(NCCSC)N1CCC2(CCC2)C1.I. The van der Waals surface area contributed by atoms with Crippen molar-refractivity contribution in [3.8, 4) is 0 Å². The number of hydrogen-bond donors (Lipinski definition) is 1. The van der Waals surface area contributed by atoms with E-state index in [1.165, 1.54) is 38.8 Å². The first-order valence-corrected chi connectivity index (χ1v) is 7.64. The Hall–Kier alpha value is 0.350. The van der Waals surface area contributed by atoms with Crippen LogP contribution in [0.3, 0.4) is 0 Å². The van der Waals surface area contributed by atoms with Gasteiger partial charge >= 0.3 is 0 Å². The smallest absolute Gasteiger partial charge is 0.193 e. The van der Waals surface area contributed by atoms with Gasteiger partial charge in [0.1, 0.15) is 0 Å². The van der Waals surface area contributed by atoms with Gasteiger partial charge in [-0.2, -0.15) is 11.8 Å². The zero-order valence-corrected chi connectivity index (χ0v) is 14.0. The maximum atomic E-state index is 4.39. The summed E-state index contributed by atoms with van der Waals surface area (Å²) < 4.78 is 0. The van der Waals surface area contributed by atoms with Gasteiger partial charge in [0, 0.05) is 32.4 Å². The third-order valence-corrected chi connectivity index (χ3v) is 4.57. The van der Waals surface area contributed by atoms with Gasteiger partial charge in [-0.15, -0.1) is 24.0 Å². The van der Waals surface area contributed by atoms with Gasteiger partial charge in [-0.1, -0.05) is 6.42 Å². The highest BCUT2D eigenvalue weighted by Gasteiger charge is 2.43. The summed E-state index contributed by atoms with van der Waals surface area (Å²) in [6, 6.07) is 0. The first-order valence-electron chi connectivity index (χ1n) is 6.24. The minimum atomic E-state index is 0. The molecule has 0 aromatic rings. The Morgan fingerprint density at radius 2 is 2.18 bits per heavy atom. The summed E-state index contributed by atoms with van der Waals surface area (Å²) in [7, 11) is 1.90. The minimum absolute atomic E-state index is 0. The van der Waals surface area contributed by atoms with E-state index < -0.39 is 0 Å². The van der Waals surface area contributed by atoms with E-state index in [-0.39, 0.29) is 24.0 Å². The fourth-order valence-electron chi connectivity index (χ4n) is 2.80. The van der Waals surface area contributed by atoms with Crippen LogP contribution in [-0.2, 0) is 0 Å². The third-order valence-electron chi connectivity index (χ3n) is 3.95. The van der Waals surface area contributed by atoms with Crippen molar-refractivity contribution < 1.29 is 0 Å². The number of aliphatic imine (C=N–C) groups is 1. The molecule has 0 aromatic heterocycles. The molecule has 0 bridgehead atoms. The summed E-state index contributed by atoms with van der Waals surface area (Å²) in [6.07, 6.45) is 7.82. The quantitative estimate of drug-likeness (QED) is 0.358. The van der Waals surface area contributed by atoms with E-state index in [0.29, 0.717) is 5.41 Å². The molecule has 2 fully saturated rings. The maximum absolute atomic E-state index is 4.39. The van der Waals surface area contributed by atoms with Gasteiger partial charge < -0.3 is 10.2 Å². The van der Waals surface area contributed by atoms with Gasteiger partial charge in [0.15, 0.2) is 5.96 Å². The van der Waals surface area contributed by atoms with Crippen molar-refractivity contribution in [1.29, 1.82) is 0 Å². The molecule has 0 unspecified atom stereocenters.